The molecule has 0 saturated heterocycles. The van der Waals surface area contributed by atoms with Crippen molar-refractivity contribution in [3.63, 3.8) is 0 Å². The van der Waals surface area contributed by atoms with E-state index in [1.807, 2.05) is 0 Å². The largest absolute Gasteiger partial charge is 0.311 e. The van der Waals surface area contributed by atoms with E-state index in [2.05, 4.69) is 86.5 Å². The molecule has 3 heteroatoms. The summed E-state index contributed by atoms with van der Waals surface area (Å²) in [5, 5.41) is 8.83. The van der Waals surface area contributed by atoms with Crippen LogP contribution < -0.4 is 15.2 Å². The first-order valence-corrected chi connectivity index (χ1v) is 13.7. The van der Waals surface area contributed by atoms with Crippen molar-refractivity contribution < 1.29 is 4.57 Å². The third-order valence-electron chi connectivity index (χ3n) is 7.78. The fourth-order valence-electron chi connectivity index (χ4n) is 6.29. The lowest BCUT2D eigenvalue weighted by Crippen LogP contribution is -2.37. The number of aryl methyl sites for hydroxylation is 4. The smallest absolute Gasteiger partial charge is 0.231 e. The molecular weight excluding hydrogens is 419 g/mol. The van der Waals surface area contributed by atoms with Crippen molar-refractivity contribution in [2.75, 3.05) is 6.66 Å². The van der Waals surface area contributed by atoms with Crippen molar-refractivity contribution in [1.82, 2.24) is 0 Å². The van der Waals surface area contributed by atoms with Crippen molar-refractivity contribution in [2.24, 2.45) is 7.05 Å². The van der Waals surface area contributed by atoms with E-state index in [0.29, 0.717) is 0 Å². The molecule has 4 aromatic rings. The Morgan fingerprint density at radius 3 is 2.73 bits per heavy atom. The molecule has 2 nitrogen and oxygen atoms in total. The van der Waals surface area contributed by atoms with Gasteiger partial charge in [0.05, 0.1) is 17.4 Å². The monoisotopic (exact) mass is 449 g/mol. The van der Waals surface area contributed by atoms with Gasteiger partial charge in [-0.15, -0.1) is 0 Å². The van der Waals surface area contributed by atoms with Gasteiger partial charge in [-0.2, -0.15) is 0 Å². The fourth-order valence-corrected chi connectivity index (χ4v) is 8.70. The molecule has 3 aromatic carbocycles. The van der Waals surface area contributed by atoms with Gasteiger partial charge in [0.25, 0.3) is 0 Å². The number of fused-ring (bicyclic) bond motifs is 3. The van der Waals surface area contributed by atoms with Gasteiger partial charge in [-0.25, -0.2) is 11.1 Å². The zero-order valence-corrected chi connectivity index (χ0v) is 21.1. The van der Waals surface area contributed by atoms with Gasteiger partial charge >= 0.3 is 0 Å². The van der Waals surface area contributed by atoms with E-state index in [9.17, 15) is 0 Å². The van der Waals surface area contributed by atoms with Crippen molar-refractivity contribution >= 4 is 40.1 Å². The van der Waals surface area contributed by atoms with Gasteiger partial charge in [-0.05, 0) is 95.9 Å². The van der Waals surface area contributed by atoms with Crippen LogP contribution >= 0.6 is 7.92 Å². The van der Waals surface area contributed by atoms with E-state index < -0.39 is 7.92 Å². The molecule has 1 unspecified atom stereocenters. The van der Waals surface area contributed by atoms with Crippen LogP contribution in [-0.4, -0.2) is 12.2 Å². The van der Waals surface area contributed by atoms with Gasteiger partial charge in [0.1, 0.15) is 7.05 Å². The molecule has 1 aliphatic heterocycles. The Morgan fingerprint density at radius 2 is 1.94 bits per heavy atom. The summed E-state index contributed by atoms with van der Waals surface area (Å²) in [6, 6.07) is 14.0. The van der Waals surface area contributed by atoms with E-state index in [1.54, 1.807) is 10.9 Å². The molecule has 1 aliphatic carbocycles. The Hall–Kier alpha value is -2.75. The molecule has 0 radical (unpaired) electrons. The summed E-state index contributed by atoms with van der Waals surface area (Å²) in [5.41, 5.74) is 8.36. The average molecular weight is 450 g/mol. The molecule has 1 aromatic heterocycles. The molecule has 0 amide bonds. The van der Waals surface area contributed by atoms with Crippen LogP contribution in [0.4, 0.5) is 0 Å². The molecule has 0 saturated carbocycles. The topological polar surface area (TPSA) is 8.24 Å². The minimum atomic E-state index is -0.472. The highest BCUT2D eigenvalue weighted by atomic mass is 31.1. The van der Waals surface area contributed by atoms with E-state index in [1.165, 1.54) is 74.1 Å². The highest BCUT2D eigenvalue weighted by molar-refractivity contribution is 7.73. The number of hydrogen-bond donors (Lipinski definition) is 0. The third-order valence-corrected chi connectivity index (χ3v) is 10.0. The molecule has 164 valence electrons. The molecule has 0 bridgehead atoms. The predicted molar refractivity (Wildman–Crippen MR) is 141 cm³/mol. The Bertz CT molecular complexity index is 1540. The van der Waals surface area contributed by atoms with Crippen LogP contribution in [0.25, 0.3) is 37.6 Å². The quantitative estimate of drug-likeness (QED) is 0.205. The van der Waals surface area contributed by atoms with Crippen LogP contribution in [0, 0.1) is 13.5 Å². The first-order chi connectivity index (χ1) is 15.8. The summed E-state index contributed by atoms with van der Waals surface area (Å²) in [7, 11) is 1.73. The van der Waals surface area contributed by atoms with Gasteiger partial charge in [0, 0.05) is 19.9 Å². The SMILES string of the molecule is [C-]#[N+]C(C)(C)Cc1cc2c3c([n+](C)ccc3c1)-c1c(c3c4c(cccc4c1C)CCC3)P2C. The van der Waals surface area contributed by atoms with E-state index in [4.69, 9.17) is 6.57 Å². The van der Waals surface area contributed by atoms with Gasteiger partial charge in [-0.3, -0.25) is 0 Å². The minimum absolute atomic E-state index is 0.376. The lowest BCUT2D eigenvalue weighted by molar-refractivity contribution is -0.659. The summed E-state index contributed by atoms with van der Waals surface area (Å²) in [4.78, 5) is 3.89. The van der Waals surface area contributed by atoms with Crippen molar-refractivity contribution in [1.29, 1.82) is 0 Å². The molecule has 0 fully saturated rings. The van der Waals surface area contributed by atoms with Crippen LogP contribution in [0.5, 0.6) is 0 Å². The summed E-state index contributed by atoms with van der Waals surface area (Å²) < 4.78 is 2.34. The molecule has 2 heterocycles. The molecule has 0 N–H and O–H groups in total. The second-order valence-electron chi connectivity index (χ2n) is 10.5. The standard InChI is InChI=1S/C30H30N2P/c1-18-22-11-7-9-20-10-8-12-23(26(20)22)29-25(18)28-27-21(13-14-32(28)5)15-19(16-24(27)33(29)6)17-30(2,3)31-4/h7,9,11,13-16H,8,10,12,17H2,1-3,5-6H3/q+1. The Kier molecular flexibility index (Phi) is 4.50. The number of aromatic nitrogens is 1. The molecule has 6 rings (SSSR count). The zero-order valence-electron chi connectivity index (χ0n) is 20.2. The molecule has 0 spiro atoms. The second kappa shape index (κ2) is 7.12. The fraction of sp³-hybridized carbons (Fsp3) is 0.333. The van der Waals surface area contributed by atoms with E-state index in [-0.39, 0.29) is 5.54 Å². The minimum Gasteiger partial charge on any atom is -0.311 e. The van der Waals surface area contributed by atoms with Crippen molar-refractivity contribution in [3.05, 3.63) is 76.3 Å². The Morgan fingerprint density at radius 1 is 1.12 bits per heavy atom. The van der Waals surface area contributed by atoms with Crippen LogP contribution in [0.1, 0.15) is 42.5 Å². The maximum absolute atomic E-state index is 7.63. The van der Waals surface area contributed by atoms with Gasteiger partial charge in [0.2, 0.25) is 11.2 Å². The third kappa shape index (κ3) is 2.92. The lowest BCUT2D eigenvalue weighted by Gasteiger charge is -2.32. The van der Waals surface area contributed by atoms with Gasteiger partial charge in [-0.1, -0.05) is 24.3 Å². The van der Waals surface area contributed by atoms with Crippen LogP contribution in [0.15, 0.2) is 42.6 Å². The summed E-state index contributed by atoms with van der Waals surface area (Å²) in [5.74, 6) is 0. The van der Waals surface area contributed by atoms with Crippen molar-refractivity contribution in [2.45, 2.75) is 52.0 Å². The first kappa shape index (κ1) is 20.8. The molecule has 2 aliphatic rings. The Labute approximate surface area is 197 Å². The van der Waals surface area contributed by atoms with Gasteiger partial charge < -0.3 is 4.85 Å². The molecule has 33 heavy (non-hydrogen) atoms. The highest BCUT2D eigenvalue weighted by Crippen LogP contribution is 2.48. The summed E-state index contributed by atoms with van der Waals surface area (Å²) in [6.07, 6.45) is 6.64. The number of hydrogen-bond acceptors (Lipinski definition) is 0. The van der Waals surface area contributed by atoms with E-state index >= 15 is 0 Å². The lowest BCUT2D eigenvalue weighted by atomic mass is 9.83. The normalized spacial score (nSPS) is 16.7. The summed E-state index contributed by atoms with van der Waals surface area (Å²) in [6.45, 7) is 16.6. The van der Waals surface area contributed by atoms with Crippen LogP contribution in [-0.2, 0) is 26.3 Å². The van der Waals surface area contributed by atoms with E-state index in [0.717, 1.165) is 6.42 Å². The van der Waals surface area contributed by atoms with Crippen molar-refractivity contribution in [3.8, 4) is 11.3 Å². The highest BCUT2D eigenvalue weighted by Gasteiger charge is 2.36. The number of nitrogens with zero attached hydrogens (tertiary/aromatic N) is 2. The maximum Gasteiger partial charge on any atom is 0.231 e. The number of benzene rings is 3. The number of rotatable bonds is 2. The Balaban J connectivity index is 1.74. The second-order valence-corrected chi connectivity index (χ2v) is 12.6. The average Bonchev–Trinajstić information content (AvgIpc) is 2.80. The maximum atomic E-state index is 7.63. The first-order valence-electron chi connectivity index (χ1n) is 12.0. The number of pyridine rings is 1. The molecular formula is C30H30N2P+. The predicted octanol–water partition coefficient (Wildman–Crippen LogP) is 5.90. The summed E-state index contributed by atoms with van der Waals surface area (Å²) >= 11 is 0. The zero-order chi connectivity index (χ0) is 23.1. The van der Waals surface area contributed by atoms with Crippen LogP contribution in [0.3, 0.4) is 0 Å². The molecule has 1 atom stereocenters. The van der Waals surface area contributed by atoms with Crippen LogP contribution in [0.2, 0.25) is 0 Å². The van der Waals surface area contributed by atoms with Gasteiger partial charge in [0.15, 0.2) is 6.20 Å².